The lowest BCUT2D eigenvalue weighted by molar-refractivity contribution is -0.132. The van der Waals surface area contributed by atoms with E-state index in [1.807, 2.05) is 44.2 Å². The monoisotopic (exact) mass is 331 g/mol. The first kappa shape index (κ1) is 18.1. The van der Waals surface area contributed by atoms with Crippen LogP contribution >= 0.6 is 0 Å². The Bertz CT molecular complexity index is 584. The normalized spacial score (nSPS) is 14.7. The molecule has 0 radical (unpaired) electrons. The maximum atomic E-state index is 12.2. The van der Waals surface area contributed by atoms with Crippen molar-refractivity contribution in [2.75, 3.05) is 13.2 Å². The number of hydrogen-bond donors (Lipinski definition) is 1. The number of hydrogen-bond acceptors (Lipinski definition) is 4. The zero-order valence-electron chi connectivity index (χ0n) is 14.3. The summed E-state index contributed by atoms with van der Waals surface area (Å²) in [7, 11) is 0. The van der Waals surface area contributed by atoms with Crippen molar-refractivity contribution in [2.45, 2.75) is 45.8 Å². The molecule has 0 saturated heterocycles. The van der Waals surface area contributed by atoms with E-state index in [1.165, 1.54) is 5.01 Å². The smallest absolute Gasteiger partial charge is 0.267 e. The topological polar surface area (TPSA) is 71.0 Å². The molecule has 0 aliphatic carbocycles. The molecule has 1 aliphatic rings. The number of carbonyl (C=O) groups is 2. The van der Waals surface area contributed by atoms with Gasteiger partial charge in [0.15, 0.2) is 0 Å². The van der Waals surface area contributed by atoms with Gasteiger partial charge in [-0.05, 0) is 25.8 Å². The molecule has 6 heteroatoms. The first-order valence-electron chi connectivity index (χ1n) is 8.38. The molecule has 0 unspecified atom stereocenters. The van der Waals surface area contributed by atoms with Crippen molar-refractivity contribution in [1.29, 1.82) is 0 Å². The Morgan fingerprint density at radius 3 is 2.75 bits per heavy atom. The van der Waals surface area contributed by atoms with Gasteiger partial charge in [-0.2, -0.15) is 5.10 Å². The molecule has 0 aromatic heterocycles. The molecule has 0 saturated carbocycles. The summed E-state index contributed by atoms with van der Waals surface area (Å²) in [4.78, 5) is 24.2. The lowest BCUT2D eigenvalue weighted by Crippen LogP contribution is -2.39. The van der Waals surface area contributed by atoms with Crippen molar-refractivity contribution in [3.8, 4) is 0 Å². The number of benzene rings is 1. The van der Waals surface area contributed by atoms with Gasteiger partial charge in [0.1, 0.15) is 5.71 Å². The number of nitrogens with zero attached hydrogens (tertiary/aromatic N) is 2. The van der Waals surface area contributed by atoms with Gasteiger partial charge in [-0.15, -0.1) is 0 Å². The van der Waals surface area contributed by atoms with Crippen LogP contribution < -0.4 is 5.32 Å². The summed E-state index contributed by atoms with van der Waals surface area (Å²) in [6.07, 6.45) is 1.65. The van der Waals surface area contributed by atoms with Crippen molar-refractivity contribution in [1.82, 2.24) is 10.3 Å². The fraction of sp³-hybridized carbons (Fsp3) is 0.500. The minimum absolute atomic E-state index is 0.0549. The van der Waals surface area contributed by atoms with Crippen LogP contribution in [0.5, 0.6) is 0 Å². The molecule has 0 spiro atoms. The van der Waals surface area contributed by atoms with Gasteiger partial charge in [-0.25, -0.2) is 5.01 Å². The molecule has 2 rings (SSSR count). The second kappa shape index (κ2) is 9.17. The summed E-state index contributed by atoms with van der Waals surface area (Å²) < 4.78 is 5.43. The van der Waals surface area contributed by atoms with Crippen LogP contribution in [0.1, 0.15) is 38.7 Å². The van der Waals surface area contributed by atoms with E-state index in [1.54, 1.807) is 0 Å². The van der Waals surface area contributed by atoms with E-state index < -0.39 is 0 Å². The number of rotatable bonds is 8. The standard InChI is InChI=1S/C18H25N3O3/c1-14(2)24-12-6-11-19-18(23)16-9-10-17(22)21(20-16)13-15-7-4-3-5-8-15/h3-5,7-8,14H,6,9-13H2,1-2H3,(H,19,23). The van der Waals surface area contributed by atoms with Gasteiger partial charge in [-0.1, -0.05) is 30.3 Å². The Labute approximate surface area is 142 Å². The van der Waals surface area contributed by atoms with Crippen LogP contribution in [0.25, 0.3) is 0 Å². The molecule has 130 valence electrons. The summed E-state index contributed by atoms with van der Waals surface area (Å²) in [5.74, 6) is -0.258. The maximum absolute atomic E-state index is 12.2. The van der Waals surface area contributed by atoms with Gasteiger partial charge in [-0.3, -0.25) is 9.59 Å². The average molecular weight is 331 g/mol. The summed E-state index contributed by atoms with van der Waals surface area (Å²) in [5, 5.41) is 8.46. The zero-order chi connectivity index (χ0) is 17.4. The first-order valence-corrected chi connectivity index (χ1v) is 8.38. The predicted octanol–water partition coefficient (Wildman–Crippen LogP) is 2.10. The summed E-state index contributed by atoms with van der Waals surface area (Å²) in [6, 6.07) is 9.63. The second-order valence-corrected chi connectivity index (χ2v) is 6.01. The van der Waals surface area contributed by atoms with E-state index in [4.69, 9.17) is 4.74 Å². The number of nitrogens with one attached hydrogen (secondary N) is 1. The molecular weight excluding hydrogens is 306 g/mol. The van der Waals surface area contributed by atoms with Gasteiger partial charge in [0.25, 0.3) is 5.91 Å². The Hall–Kier alpha value is -2.21. The summed E-state index contributed by atoms with van der Waals surface area (Å²) in [6.45, 7) is 5.50. The molecule has 1 aliphatic heterocycles. The molecule has 1 N–H and O–H groups in total. The van der Waals surface area contributed by atoms with Crippen LogP contribution in [-0.2, 0) is 20.9 Å². The Kier molecular flexibility index (Phi) is 6.93. The number of carbonyl (C=O) groups excluding carboxylic acids is 2. The zero-order valence-corrected chi connectivity index (χ0v) is 14.3. The lowest BCUT2D eigenvalue weighted by Gasteiger charge is -2.23. The molecule has 1 aromatic rings. The highest BCUT2D eigenvalue weighted by Gasteiger charge is 2.24. The van der Waals surface area contributed by atoms with Crippen molar-refractivity contribution >= 4 is 17.5 Å². The van der Waals surface area contributed by atoms with Gasteiger partial charge in [0, 0.05) is 26.0 Å². The molecule has 24 heavy (non-hydrogen) atoms. The van der Waals surface area contributed by atoms with Gasteiger partial charge >= 0.3 is 0 Å². The largest absolute Gasteiger partial charge is 0.379 e. The van der Waals surface area contributed by atoms with Crippen LogP contribution in [0.3, 0.4) is 0 Å². The Morgan fingerprint density at radius 1 is 1.29 bits per heavy atom. The summed E-state index contributed by atoms with van der Waals surface area (Å²) in [5.41, 5.74) is 1.40. The maximum Gasteiger partial charge on any atom is 0.267 e. The summed E-state index contributed by atoms with van der Waals surface area (Å²) >= 11 is 0. The van der Waals surface area contributed by atoms with Crippen molar-refractivity contribution in [3.05, 3.63) is 35.9 Å². The average Bonchev–Trinajstić information content (AvgIpc) is 2.57. The van der Waals surface area contributed by atoms with Crippen molar-refractivity contribution in [3.63, 3.8) is 0 Å². The molecule has 1 heterocycles. The Morgan fingerprint density at radius 2 is 2.04 bits per heavy atom. The molecular formula is C18H25N3O3. The fourth-order valence-electron chi connectivity index (χ4n) is 2.34. The van der Waals surface area contributed by atoms with Crippen LogP contribution in [0.2, 0.25) is 0 Å². The minimum atomic E-state index is -0.204. The highest BCUT2D eigenvalue weighted by molar-refractivity contribution is 6.39. The van der Waals surface area contributed by atoms with E-state index in [-0.39, 0.29) is 17.9 Å². The van der Waals surface area contributed by atoms with E-state index in [0.717, 1.165) is 12.0 Å². The molecule has 6 nitrogen and oxygen atoms in total. The second-order valence-electron chi connectivity index (χ2n) is 6.01. The Balaban J connectivity index is 1.86. The predicted molar refractivity (Wildman–Crippen MR) is 92.4 cm³/mol. The van der Waals surface area contributed by atoms with Crippen LogP contribution in [0, 0.1) is 0 Å². The van der Waals surface area contributed by atoms with Crippen LogP contribution in [0.4, 0.5) is 0 Å². The van der Waals surface area contributed by atoms with E-state index in [0.29, 0.717) is 38.2 Å². The molecule has 0 atom stereocenters. The van der Waals surface area contributed by atoms with Gasteiger partial charge in [0.2, 0.25) is 5.91 Å². The van der Waals surface area contributed by atoms with E-state index >= 15 is 0 Å². The fourth-order valence-corrected chi connectivity index (χ4v) is 2.34. The SMILES string of the molecule is CC(C)OCCCNC(=O)C1=NN(Cc2ccccc2)C(=O)CC1. The van der Waals surface area contributed by atoms with Gasteiger partial charge in [0.05, 0.1) is 12.6 Å². The first-order chi connectivity index (χ1) is 11.6. The van der Waals surface area contributed by atoms with E-state index in [2.05, 4.69) is 10.4 Å². The third kappa shape index (κ3) is 5.77. The third-order valence-corrected chi connectivity index (χ3v) is 3.60. The number of amides is 2. The highest BCUT2D eigenvalue weighted by Crippen LogP contribution is 2.13. The van der Waals surface area contributed by atoms with Gasteiger partial charge < -0.3 is 10.1 Å². The quantitative estimate of drug-likeness (QED) is 0.742. The van der Waals surface area contributed by atoms with Crippen molar-refractivity contribution in [2.24, 2.45) is 5.10 Å². The third-order valence-electron chi connectivity index (χ3n) is 3.60. The molecule has 0 fully saturated rings. The minimum Gasteiger partial charge on any atom is -0.379 e. The number of ether oxygens (including phenoxy) is 1. The van der Waals surface area contributed by atoms with Crippen LogP contribution in [-0.4, -0.2) is 41.8 Å². The van der Waals surface area contributed by atoms with Crippen LogP contribution in [0.15, 0.2) is 35.4 Å². The van der Waals surface area contributed by atoms with E-state index in [9.17, 15) is 9.59 Å². The molecule has 1 aromatic carbocycles. The number of hydrazone groups is 1. The van der Waals surface area contributed by atoms with Crippen molar-refractivity contribution < 1.29 is 14.3 Å². The highest BCUT2D eigenvalue weighted by atomic mass is 16.5. The molecule has 0 bridgehead atoms. The lowest BCUT2D eigenvalue weighted by atomic mass is 10.1. The molecule has 2 amide bonds.